The zero-order valence-corrected chi connectivity index (χ0v) is 16.7. The average Bonchev–Trinajstić information content (AvgIpc) is 3.37. The van der Waals surface area contributed by atoms with Crippen LogP contribution in [0.5, 0.6) is 0 Å². The van der Waals surface area contributed by atoms with Gasteiger partial charge in [-0.1, -0.05) is 42.1 Å². The summed E-state index contributed by atoms with van der Waals surface area (Å²) in [6.07, 6.45) is 8.93. The van der Waals surface area contributed by atoms with Crippen molar-refractivity contribution in [3.63, 3.8) is 0 Å². The van der Waals surface area contributed by atoms with Crippen molar-refractivity contribution in [2.75, 3.05) is 6.54 Å². The molecule has 1 unspecified atom stereocenters. The fourth-order valence-electron chi connectivity index (χ4n) is 3.85. The molecule has 0 radical (unpaired) electrons. The molecule has 1 saturated carbocycles. The normalized spacial score (nSPS) is 15.4. The highest BCUT2D eigenvalue weighted by molar-refractivity contribution is 6.36. The van der Waals surface area contributed by atoms with Crippen LogP contribution >= 0.6 is 23.2 Å². The van der Waals surface area contributed by atoms with Crippen LogP contribution in [0.25, 0.3) is 16.8 Å². The summed E-state index contributed by atoms with van der Waals surface area (Å²) >= 11 is 12.6. The van der Waals surface area contributed by atoms with Gasteiger partial charge in [0.1, 0.15) is 5.65 Å². The predicted octanol–water partition coefficient (Wildman–Crippen LogP) is 5.00. The third-order valence-corrected chi connectivity index (χ3v) is 6.00. The first-order chi connectivity index (χ1) is 13.1. The van der Waals surface area contributed by atoms with Crippen LogP contribution in [-0.2, 0) is 6.54 Å². The van der Waals surface area contributed by atoms with Gasteiger partial charge >= 0.3 is 0 Å². The molecule has 2 heterocycles. The molecule has 0 saturated heterocycles. The van der Waals surface area contributed by atoms with Gasteiger partial charge in [0.25, 0.3) is 0 Å². The van der Waals surface area contributed by atoms with Crippen molar-refractivity contribution in [3.8, 4) is 11.1 Å². The molecular formula is C21H24Cl2N4. The Morgan fingerprint density at radius 1 is 1.15 bits per heavy atom. The van der Waals surface area contributed by atoms with Crippen LogP contribution in [0.1, 0.15) is 42.9 Å². The van der Waals surface area contributed by atoms with Gasteiger partial charge in [-0.25, -0.2) is 4.98 Å². The molecule has 1 fully saturated rings. The molecule has 0 aliphatic heterocycles. The number of aromatic nitrogens is 2. The molecular weight excluding hydrogens is 379 g/mol. The number of nitrogens with zero attached hydrogens (tertiary/aromatic N) is 2. The highest BCUT2D eigenvalue weighted by atomic mass is 35.5. The van der Waals surface area contributed by atoms with Crippen LogP contribution < -0.4 is 11.5 Å². The first-order valence-corrected chi connectivity index (χ1v) is 10.2. The smallest absolute Gasteiger partial charge is 0.137 e. The molecule has 4 N–H and O–H groups in total. The van der Waals surface area contributed by atoms with Crippen LogP contribution in [-0.4, -0.2) is 15.9 Å². The van der Waals surface area contributed by atoms with E-state index in [9.17, 15) is 0 Å². The highest BCUT2D eigenvalue weighted by Gasteiger charge is 2.27. The zero-order chi connectivity index (χ0) is 19.0. The van der Waals surface area contributed by atoms with Crippen molar-refractivity contribution in [2.45, 2.75) is 38.1 Å². The third kappa shape index (κ3) is 3.85. The molecule has 6 heteroatoms. The van der Waals surface area contributed by atoms with E-state index in [4.69, 9.17) is 34.7 Å². The lowest BCUT2D eigenvalue weighted by molar-refractivity contribution is 0.531. The Morgan fingerprint density at radius 2 is 1.96 bits per heavy atom. The minimum absolute atomic E-state index is 0.418. The molecule has 1 aromatic carbocycles. The summed E-state index contributed by atoms with van der Waals surface area (Å²) in [5, 5.41) is 1.24. The molecule has 1 aliphatic rings. The standard InChI is InChI=1S/C21H24Cl2N4/c22-16-3-4-17(19(23)9-16)18-12-27-20(11-26-21(27)8-15(18)10-25)14(5-6-24)7-13-1-2-13/h3-4,8-9,11-14H,1-2,5-7,10,24-25H2. The van der Waals surface area contributed by atoms with Crippen LogP contribution in [0.3, 0.4) is 0 Å². The van der Waals surface area contributed by atoms with E-state index >= 15 is 0 Å². The SMILES string of the molecule is NCCC(CC1CC1)c1cnc2cc(CN)c(-c3ccc(Cl)cc3Cl)cn12. The van der Waals surface area contributed by atoms with Gasteiger partial charge in [0.2, 0.25) is 0 Å². The van der Waals surface area contributed by atoms with E-state index in [0.717, 1.165) is 34.7 Å². The first kappa shape index (κ1) is 18.8. The maximum Gasteiger partial charge on any atom is 0.137 e. The van der Waals surface area contributed by atoms with E-state index in [0.29, 0.717) is 29.1 Å². The predicted molar refractivity (Wildman–Crippen MR) is 112 cm³/mol. The molecule has 3 aromatic rings. The second-order valence-electron chi connectivity index (χ2n) is 7.41. The quantitative estimate of drug-likeness (QED) is 0.583. The summed E-state index contributed by atoms with van der Waals surface area (Å²) in [6.45, 7) is 1.10. The molecule has 0 amide bonds. The van der Waals surface area contributed by atoms with Crippen molar-refractivity contribution in [1.29, 1.82) is 0 Å². The topological polar surface area (TPSA) is 69.3 Å². The summed E-state index contributed by atoms with van der Waals surface area (Å²) in [5.74, 6) is 1.26. The summed E-state index contributed by atoms with van der Waals surface area (Å²) in [6, 6.07) is 7.62. The maximum absolute atomic E-state index is 6.48. The number of hydrogen-bond donors (Lipinski definition) is 2. The lowest BCUT2D eigenvalue weighted by Gasteiger charge is -2.17. The number of rotatable bonds is 7. The second-order valence-corrected chi connectivity index (χ2v) is 8.25. The van der Waals surface area contributed by atoms with Gasteiger partial charge in [0.05, 0.1) is 0 Å². The molecule has 1 aliphatic carbocycles. The van der Waals surface area contributed by atoms with Gasteiger partial charge in [-0.2, -0.15) is 0 Å². The van der Waals surface area contributed by atoms with Crippen LogP contribution in [0, 0.1) is 5.92 Å². The average molecular weight is 403 g/mol. The van der Waals surface area contributed by atoms with Gasteiger partial charge < -0.3 is 15.9 Å². The second kappa shape index (κ2) is 7.80. The van der Waals surface area contributed by atoms with Crippen molar-refractivity contribution in [2.24, 2.45) is 17.4 Å². The molecule has 4 nitrogen and oxygen atoms in total. The molecule has 1 atom stereocenters. The van der Waals surface area contributed by atoms with E-state index in [1.807, 2.05) is 18.3 Å². The maximum atomic E-state index is 6.48. The number of hydrogen-bond acceptors (Lipinski definition) is 3. The molecule has 0 bridgehead atoms. The molecule has 142 valence electrons. The summed E-state index contributed by atoms with van der Waals surface area (Å²) < 4.78 is 2.18. The minimum Gasteiger partial charge on any atom is -0.330 e. The third-order valence-electron chi connectivity index (χ3n) is 5.45. The zero-order valence-electron chi connectivity index (χ0n) is 15.2. The first-order valence-electron chi connectivity index (χ1n) is 9.46. The fraction of sp³-hybridized carbons (Fsp3) is 0.381. The van der Waals surface area contributed by atoms with Crippen molar-refractivity contribution >= 4 is 28.8 Å². The van der Waals surface area contributed by atoms with Crippen LogP contribution in [0.2, 0.25) is 10.0 Å². The Bertz CT molecular complexity index is 962. The number of fused-ring (bicyclic) bond motifs is 1. The largest absolute Gasteiger partial charge is 0.330 e. The number of benzene rings is 1. The van der Waals surface area contributed by atoms with Gasteiger partial charge in [0.15, 0.2) is 0 Å². The Morgan fingerprint density at radius 3 is 2.63 bits per heavy atom. The van der Waals surface area contributed by atoms with Gasteiger partial charge in [-0.15, -0.1) is 0 Å². The summed E-state index contributed by atoms with van der Waals surface area (Å²) in [5.41, 5.74) is 17.0. The molecule has 4 rings (SSSR count). The molecule has 2 aromatic heterocycles. The lowest BCUT2D eigenvalue weighted by Crippen LogP contribution is -2.11. The minimum atomic E-state index is 0.418. The van der Waals surface area contributed by atoms with E-state index in [2.05, 4.69) is 21.6 Å². The van der Waals surface area contributed by atoms with Crippen LogP contribution in [0.4, 0.5) is 0 Å². The Kier molecular flexibility index (Phi) is 5.42. The van der Waals surface area contributed by atoms with E-state index in [-0.39, 0.29) is 0 Å². The van der Waals surface area contributed by atoms with E-state index in [1.54, 1.807) is 6.07 Å². The summed E-state index contributed by atoms with van der Waals surface area (Å²) in [4.78, 5) is 4.64. The lowest BCUT2D eigenvalue weighted by atomic mass is 9.95. The number of halogens is 2. The van der Waals surface area contributed by atoms with Gasteiger partial charge in [-0.05, 0) is 49.1 Å². The van der Waals surface area contributed by atoms with Gasteiger partial charge in [0, 0.05) is 51.7 Å². The number of nitrogens with two attached hydrogens (primary N) is 2. The molecule has 27 heavy (non-hydrogen) atoms. The highest BCUT2D eigenvalue weighted by Crippen LogP contribution is 2.40. The van der Waals surface area contributed by atoms with Crippen molar-refractivity contribution in [1.82, 2.24) is 9.38 Å². The summed E-state index contributed by atoms with van der Waals surface area (Å²) in [7, 11) is 0. The fourth-order valence-corrected chi connectivity index (χ4v) is 4.36. The number of pyridine rings is 1. The van der Waals surface area contributed by atoms with Crippen molar-refractivity contribution < 1.29 is 0 Å². The van der Waals surface area contributed by atoms with Gasteiger partial charge in [-0.3, -0.25) is 0 Å². The monoisotopic (exact) mass is 402 g/mol. The van der Waals surface area contributed by atoms with Crippen LogP contribution in [0.15, 0.2) is 36.7 Å². The van der Waals surface area contributed by atoms with E-state index < -0.39 is 0 Å². The van der Waals surface area contributed by atoms with E-state index in [1.165, 1.54) is 25.0 Å². The molecule has 0 spiro atoms. The Labute approximate surface area is 169 Å². The Balaban J connectivity index is 1.83. The Hall–Kier alpha value is -1.59. The van der Waals surface area contributed by atoms with Crippen molar-refractivity contribution in [3.05, 3.63) is 58.0 Å². The number of imidazole rings is 1.